The van der Waals surface area contributed by atoms with E-state index in [1.165, 1.54) is 0 Å². The second-order valence-electron chi connectivity index (χ2n) is 7.22. The molecule has 6 nitrogen and oxygen atoms in total. The van der Waals surface area contributed by atoms with E-state index in [0.717, 1.165) is 45.2 Å². The van der Waals surface area contributed by atoms with Gasteiger partial charge in [0.15, 0.2) is 0 Å². The maximum absolute atomic E-state index is 12.6. The first-order chi connectivity index (χ1) is 11.1. The molecule has 0 saturated carbocycles. The van der Waals surface area contributed by atoms with E-state index in [2.05, 4.69) is 6.92 Å². The highest BCUT2D eigenvalue weighted by atomic mass is 16.3. The molecule has 23 heavy (non-hydrogen) atoms. The lowest BCUT2D eigenvalue weighted by Gasteiger charge is -2.35. The van der Waals surface area contributed by atoms with Gasteiger partial charge in [-0.2, -0.15) is 0 Å². The number of urea groups is 1. The Kier molecular flexibility index (Phi) is 5.09. The SMILES string of the molecule is CC[C@@H]1CN(C(=O)C2CCN(C(=O)N3CCCC3)CC2)C[C@@H]1O. The second-order valence-corrected chi connectivity index (χ2v) is 7.22. The lowest BCUT2D eigenvalue weighted by molar-refractivity contribution is -0.136. The Morgan fingerprint density at radius 2 is 1.57 bits per heavy atom. The van der Waals surface area contributed by atoms with Crippen LogP contribution in [0, 0.1) is 11.8 Å². The normalized spacial score (nSPS) is 29.4. The Morgan fingerprint density at radius 1 is 0.957 bits per heavy atom. The van der Waals surface area contributed by atoms with Crippen molar-refractivity contribution in [3.05, 3.63) is 0 Å². The maximum atomic E-state index is 12.6. The van der Waals surface area contributed by atoms with Crippen molar-refractivity contribution < 1.29 is 14.7 Å². The van der Waals surface area contributed by atoms with Gasteiger partial charge in [-0.15, -0.1) is 0 Å². The quantitative estimate of drug-likeness (QED) is 0.829. The van der Waals surface area contributed by atoms with E-state index in [-0.39, 0.29) is 29.9 Å². The molecule has 0 aromatic heterocycles. The molecular weight excluding hydrogens is 294 g/mol. The number of β-amino-alcohol motifs (C(OH)–C–C–N with tert-alkyl or cyclic N) is 1. The minimum absolute atomic E-state index is 0.0143. The van der Waals surface area contributed by atoms with E-state index in [1.54, 1.807) is 0 Å². The van der Waals surface area contributed by atoms with Crippen LogP contribution in [0.4, 0.5) is 4.79 Å². The maximum Gasteiger partial charge on any atom is 0.319 e. The zero-order valence-electron chi connectivity index (χ0n) is 14.1. The van der Waals surface area contributed by atoms with Crippen molar-refractivity contribution >= 4 is 11.9 Å². The Balaban J connectivity index is 1.49. The first kappa shape index (κ1) is 16.6. The molecule has 0 unspecified atom stereocenters. The van der Waals surface area contributed by atoms with E-state index in [1.807, 2.05) is 14.7 Å². The third kappa shape index (κ3) is 3.47. The number of piperidine rings is 1. The minimum atomic E-state index is -0.374. The van der Waals surface area contributed by atoms with Gasteiger partial charge in [-0.3, -0.25) is 4.79 Å². The van der Waals surface area contributed by atoms with E-state index in [0.29, 0.717) is 26.2 Å². The number of aliphatic hydroxyl groups is 1. The molecule has 3 saturated heterocycles. The van der Waals surface area contributed by atoms with Crippen LogP contribution in [0.25, 0.3) is 0 Å². The van der Waals surface area contributed by atoms with Gasteiger partial charge < -0.3 is 19.8 Å². The van der Waals surface area contributed by atoms with Gasteiger partial charge in [0.05, 0.1) is 6.10 Å². The van der Waals surface area contributed by atoms with E-state index < -0.39 is 0 Å². The summed E-state index contributed by atoms with van der Waals surface area (Å²) in [6.07, 6.45) is 4.26. The standard InChI is InChI=1S/C17H29N3O3/c1-2-13-11-20(12-15(13)21)16(22)14-5-9-19(10-6-14)17(23)18-7-3-4-8-18/h13-15,21H,2-12H2,1H3/t13-,15+/m1/s1. The fourth-order valence-electron chi connectivity index (χ4n) is 4.12. The van der Waals surface area contributed by atoms with Crippen molar-refractivity contribution in [2.24, 2.45) is 11.8 Å². The molecule has 130 valence electrons. The van der Waals surface area contributed by atoms with Gasteiger partial charge in [0.2, 0.25) is 5.91 Å². The smallest absolute Gasteiger partial charge is 0.319 e. The van der Waals surface area contributed by atoms with Crippen molar-refractivity contribution in [1.29, 1.82) is 0 Å². The van der Waals surface area contributed by atoms with Crippen LogP contribution >= 0.6 is 0 Å². The van der Waals surface area contributed by atoms with E-state index in [4.69, 9.17) is 0 Å². The van der Waals surface area contributed by atoms with Crippen LogP contribution in [-0.2, 0) is 4.79 Å². The molecule has 0 radical (unpaired) electrons. The predicted molar refractivity (Wildman–Crippen MR) is 86.9 cm³/mol. The summed E-state index contributed by atoms with van der Waals surface area (Å²) in [6, 6.07) is 0.149. The summed E-state index contributed by atoms with van der Waals surface area (Å²) in [4.78, 5) is 30.7. The topological polar surface area (TPSA) is 64.1 Å². The molecule has 3 fully saturated rings. The molecule has 3 heterocycles. The van der Waals surface area contributed by atoms with Gasteiger partial charge in [-0.1, -0.05) is 6.92 Å². The Bertz CT molecular complexity index is 442. The molecule has 3 amide bonds. The Hall–Kier alpha value is -1.30. The highest BCUT2D eigenvalue weighted by molar-refractivity contribution is 5.80. The lowest BCUT2D eigenvalue weighted by atomic mass is 9.95. The third-order valence-corrected chi connectivity index (χ3v) is 5.73. The minimum Gasteiger partial charge on any atom is -0.391 e. The van der Waals surface area contributed by atoms with Gasteiger partial charge in [0.25, 0.3) is 0 Å². The average Bonchev–Trinajstić information content (AvgIpc) is 3.23. The first-order valence-corrected chi connectivity index (χ1v) is 9.10. The highest BCUT2D eigenvalue weighted by Gasteiger charge is 2.37. The van der Waals surface area contributed by atoms with E-state index in [9.17, 15) is 14.7 Å². The number of rotatable bonds is 2. The molecule has 0 aliphatic carbocycles. The molecule has 6 heteroatoms. The molecule has 3 aliphatic heterocycles. The van der Waals surface area contributed by atoms with Gasteiger partial charge in [0, 0.05) is 51.1 Å². The largest absolute Gasteiger partial charge is 0.391 e. The zero-order chi connectivity index (χ0) is 16.4. The summed E-state index contributed by atoms with van der Waals surface area (Å²) in [5.41, 5.74) is 0. The second kappa shape index (κ2) is 7.07. The number of carbonyl (C=O) groups excluding carboxylic acids is 2. The van der Waals surface area contributed by atoms with Crippen molar-refractivity contribution in [1.82, 2.24) is 14.7 Å². The van der Waals surface area contributed by atoms with Crippen LogP contribution in [-0.4, -0.2) is 77.1 Å². The molecule has 2 atom stereocenters. The number of aliphatic hydroxyl groups excluding tert-OH is 1. The molecule has 0 aromatic rings. The number of nitrogens with zero attached hydrogens (tertiary/aromatic N) is 3. The molecule has 0 bridgehead atoms. The van der Waals surface area contributed by atoms with Crippen LogP contribution in [0.2, 0.25) is 0 Å². The average molecular weight is 323 g/mol. The summed E-state index contributed by atoms with van der Waals surface area (Å²) >= 11 is 0. The highest BCUT2D eigenvalue weighted by Crippen LogP contribution is 2.26. The first-order valence-electron chi connectivity index (χ1n) is 9.10. The third-order valence-electron chi connectivity index (χ3n) is 5.73. The van der Waals surface area contributed by atoms with Crippen molar-refractivity contribution in [2.75, 3.05) is 39.3 Å². The van der Waals surface area contributed by atoms with Crippen LogP contribution < -0.4 is 0 Å². The van der Waals surface area contributed by atoms with Crippen LogP contribution in [0.5, 0.6) is 0 Å². The van der Waals surface area contributed by atoms with Crippen LogP contribution in [0.3, 0.4) is 0 Å². The summed E-state index contributed by atoms with van der Waals surface area (Å²) in [5.74, 6) is 0.407. The molecule has 0 aromatic carbocycles. The van der Waals surface area contributed by atoms with Gasteiger partial charge >= 0.3 is 6.03 Å². The van der Waals surface area contributed by atoms with Crippen molar-refractivity contribution in [3.63, 3.8) is 0 Å². The number of hydrogen-bond donors (Lipinski definition) is 1. The Morgan fingerprint density at radius 3 is 2.13 bits per heavy atom. The fraction of sp³-hybridized carbons (Fsp3) is 0.882. The van der Waals surface area contributed by atoms with Crippen LogP contribution in [0.15, 0.2) is 0 Å². The molecule has 0 spiro atoms. The summed E-state index contributed by atoms with van der Waals surface area (Å²) < 4.78 is 0. The number of amides is 3. The number of carbonyl (C=O) groups is 2. The fourth-order valence-corrected chi connectivity index (χ4v) is 4.12. The lowest BCUT2D eigenvalue weighted by Crippen LogP contribution is -2.48. The summed E-state index contributed by atoms with van der Waals surface area (Å²) in [7, 11) is 0. The van der Waals surface area contributed by atoms with Gasteiger partial charge in [0.1, 0.15) is 0 Å². The van der Waals surface area contributed by atoms with Crippen molar-refractivity contribution in [2.45, 2.75) is 45.1 Å². The van der Waals surface area contributed by atoms with E-state index >= 15 is 0 Å². The monoisotopic (exact) mass is 323 g/mol. The predicted octanol–water partition coefficient (Wildman–Crippen LogP) is 1.14. The number of hydrogen-bond acceptors (Lipinski definition) is 3. The Labute approximate surface area is 138 Å². The zero-order valence-corrected chi connectivity index (χ0v) is 14.1. The summed E-state index contributed by atoms with van der Waals surface area (Å²) in [6.45, 7) is 6.33. The van der Waals surface area contributed by atoms with Crippen LogP contribution in [0.1, 0.15) is 39.0 Å². The molecular formula is C17H29N3O3. The van der Waals surface area contributed by atoms with Crippen molar-refractivity contribution in [3.8, 4) is 0 Å². The molecule has 3 rings (SSSR count). The molecule has 3 aliphatic rings. The number of likely N-dealkylation sites (tertiary alicyclic amines) is 3. The van der Waals surface area contributed by atoms with Gasteiger partial charge in [-0.05, 0) is 32.1 Å². The van der Waals surface area contributed by atoms with Gasteiger partial charge in [-0.25, -0.2) is 4.79 Å². The summed E-state index contributed by atoms with van der Waals surface area (Å²) in [5, 5.41) is 9.99. The molecule has 1 N–H and O–H groups in total.